The van der Waals surface area contributed by atoms with Gasteiger partial charge >= 0.3 is 0 Å². The summed E-state index contributed by atoms with van der Waals surface area (Å²) in [7, 11) is 1.44. The first-order valence-electron chi connectivity index (χ1n) is 3.51. The van der Waals surface area contributed by atoms with Crippen molar-refractivity contribution >= 4 is 0 Å². The zero-order valence-electron chi connectivity index (χ0n) is 7.29. The molecule has 0 aliphatic carbocycles. The second-order valence-corrected chi connectivity index (χ2v) is 2.71. The SMILES string of the molecule is C=C(C)C(CO)(OC)C(C)O. The molecule has 0 saturated heterocycles. The standard InChI is InChI=1S/C8H16O3/c1-6(2)8(5-9,11-4)7(3)10/h7,9-10H,1,5H2,2-4H3. The van der Waals surface area contributed by atoms with Crippen LogP contribution in [0.4, 0.5) is 0 Å². The molecule has 0 aromatic carbocycles. The molecule has 0 radical (unpaired) electrons. The number of aliphatic hydroxyl groups excluding tert-OH is 2. The molecular formula is C8H16O3. The molecule has 2 unspecified atom stereocenters. The zero-order chi connectivity index (χ0) is 9.07. The zero-order valence-corrected chi connectivity index (χ0v) is 7.29. The van der Waals surface area contributed by atoms with Crippen LogP contribution in [0.5, 0.6) is 0 Å². The molecule has 0 saturated carbocycles. The topological polar surface area (TPSA) is 49.7 Å². The lowest BCUT2D eigenvalue weighted by atomic mass is 9.91. The van der Waals surface area contributed by atoms with Gasteiger partial charge in [-0.15, -0.1) is 0 Å². The van der Waals surface area contributed by atoms with Gasteiger partial charge in [0.25, 0.3) is 0 Å². The molecule has 0 heterocycles. The number of rotatable bonds is 4. The lowest BCUT2D eigenvalue weighted by Gasteiger charge is -2.33. The first-order chi connectivity index (χ1) is 5.01. The molecule has 0 amide bonds. The maximum atomic E-state index is 9.29. The predicted molar refractivity (Wildman–Crippen MR) is 43.3 cm³/mol. The Balaban J connectivity index is 4.61. The van der Waals surface area contributed by atoms with Crippen molar-refractivity contribution in [3.8, 4) is 0 Å². The summed E-state index contributed by atoms with van der Waals surface area (Å²) in [5.74, 6) is 0. The van der Waals surface area contributed by atoms with Crippen LogP contribution in [-0.2, 0) is 4.74 Å². The van der Waals surface area contributed by atoms with Gasteiger partial charge in [0.15, 0.2) is 0 Å². The molecule has 3 nitrogen and oxygen atoms in total. The van der Waals surface area contributed by atoms with Crippen LogP contribution in [0.1, 0.15) is 13.8 Å². The van der Waals surface area contributed by atoms with Crippen molar-refractivity contribution in [2.75, 3.05) is 13.7 Å². The summed E-state index contributed by atoms with van der Waals surface area (Å²) in [6.45, 7) is 6.67. The minimum absolute atomic E-state index is 0.253. The molecule has 0 aliphatic rings. The molecule has 0 aromatic rings. The fourth-order valence-electron chi connectivity index (χ4n) is 1.03. The normalized spacial score (nSPS) is 19.0. The van der Waals surface area contributed by atoms with Gasteiger partial charge in [0, 0.05) is 7.11 Å². The fourth-order valence-corrected chi connectivity index (χ4v) is 1.03. The first-order valence-corrected chi connectivity index (χ1v) is 3.51. The first kappa shape index (κ1) is 10.6. The second-order valence-electron chi connectivity index (χ2n) is 2.71. The van der Waals surface area contributed by atoms with E-state index in [0.717, 1.165) is 0 Å². The highest BCUT2D eigenvalue weighted by molar-refractivity contribution is 5.13. The molecule has 0 aromatic heterocycles. The van der Waals surface area contributed by atoms with E-state index >= 15 is 0 Å². The number of ether oxygens (including phenoxy) is 1. The maximum absolute atomic E-state index is 9.29. The van der Waals surface area contributed by atoms with Gasteiger partial charge < -0.3 is 14.9 Å². The van der Waals surface area contributed by atoms with Crippen LogP contribution in [0.2, 0.25) is 0 Å². The van der Waals surface area contributed by atoms with E-state index in [1.807, 2.05) is 0 Å². The van der Waals surface area contributed by atoms with Crippen LogP contribution in [0.25, 0.3) is 0 Å². The number of methoxy groups -OCH3 is 1. The molecule has 11 heavy (non-hydrogen) atoms. The highest BCUT2D eigenvalue weighted by atomic mass is 16.5. The van der Waals surface area contributed by atoms with E-state index in [-0.39, 0.29) is 6.61 Å². The van der Waals surface area contributed by atoms with Gasteiger partial charge in [0.2, 0.25) is 0 Å². The van der Waals surface area contributed by atoms with Crippen molar-refractivity contribution in [1.82, 2.24) is 0 Å². The highest BCUT2D eigenvalue weighted by Gasteiger charge is 2.35. The molecule has 2 N–H and O–H groups in total. The fraction of sp³-hybridized carbons (Fsp3) is 0.750. The van der Waals surface area contributed by atoms with E-state index in [9.17, 15) is 5.11 Å². The third-order valence-corrected chi connectivity index (χ3v) is 2.00. The largest absolute Gasteiger partial charge is 0.393 e. The average Bonchev–Trinajstić information content (AvgIpc) is 1.90. The molecule has 0 rings (SSSR count). The summed E-state index contributed by atoms with van der Waals surface area (Å²) in [5, 5.41) is 18.3. The van der Waals surface area contributed by atoms with E-state index < -0.39 is 11.7 Å². The maximum Gasteiger partial charge on any atom is 0.137 e. The highest BCUT2D eigenvalue weighted by Crippen LogP contribution is 2.22. The van der Waals surface area contributed by atoms with Crippen LogP contribution >= 0.6 is 0 Å². The second kappa shape index (κ2) is 3.85. The van der Waals surface area contributed by atoms with Crippen LogP contribution < -0.4 is 0 Å². The molecule has 66 valence electrons. The van der Waals surface area contributed by atoms with E-state index in [2.05, 4.69) is 6.58 Å². The smallest absolute Gasteiger partial charge is 0.137 e. The molecular weight excluding hydrogens is 144 g/mol. The van der Waals surface area contributed by atoms with Crippen LogP contribution in [0, 0.1) is 0 Å². The van der Waals surface area contributed by atoms with Crippen LogP contribution in [-0.4, -0.2) is 35.6 Å². The molecule has 2 atom stereocenters. The van der Waals surface area contributed by atoms with Crippen LogP contribution in [0.3, 0.4) is 0 Å². The quantitative estimate of drug-likeness (QED) is 0.582. The minimum Gasteiger partial charge on any atom is -0.393 e. The molecule has 0 spiro atoms. The van der Waals surface area contributed by atoms with Gasteiger partial charge in [-0.2, -0.15) is 0 Å². The summed E-state index contributed by atoms with van der Waals surface area (Å²) >= 11 is 0. The Morgan fingerprint density at radius 3 is 2.18 bits per heavy atom. The Labute approximate surface area is 67.3 Å². The number of aliphatic hydroxyl groups is 2. The van der Waals surface area contributed by atoms with Gasteiger partial charge in [-0.05, 0) is 19.4 Å². The summed E-state index contributed by atoms with van der Waals surface area (Å²) < 4.78 is 5.01. The predicted octanol–water partition coefficient (Wildman–Crippen LogP) is 0.321. The Hall–Kier alpha value is -0.380. The molecule has 0 aliphatic heterocycles. The van der Waals surface area contributed by atoms with E-state index in [1.165, 1.54) is 7.11 Å². The van der Waals surface area contributed by atoms with Gasteiger partial charge in [-0.25, -0.2) is 0 Å². The number of hydrogen-bond donors (Lipinski definition) is 2. The lowest BCUT2D eigenvalue weighted by molar-refractivity contribution is -0.0966. The minimum atomic E-state index is -1.00. The van der Waals surface area contributed by atoms with Gasteiger partial charge in [0.1, 0.15) is 5.60 Å². The number of hydrogen-bond acceptors (Lipinski definition) is 3. The van der Waals surface area contributed by atoms with Crippen molar-refractivity contribution in [2.24, 2.45) is 0 Å². The van der Waals surface area contributed by atoms with E-state index in [0.29, 0.717) is 5.57 Å². The van der Waals surface area contributed by atoms with Crippen molar-refractivity contribution < 1.29 is 14.9 Å². The Bertz CT molecular complexity index is 136. The Morgan fingerprint density at radius 1 is 1.73 bits per heavy atom. The van der Waals surface area contributed by atoms with E-state index in [1.54, 1.807) is 13.8 Å². The Morgan fingerprint density at radius 2 is 2.18 bits per heavy atom. The summed E-state index contributed by atoms with van der Waals surface area (Å²) in [4.78, 5) is 0. The van der Waals surface area contributed by atoms with E-state index in [4.69, 9.17) is 9.84 Å². The third-order valence-electron chi connectivity index (χ3n) is 2.00. The molecule has 0 fully saturated rings. The monoisotopic (exact) mass is 160 g/mol. The molecule has 3 heteroatoms. The average molecular weight is 160 g/mol. The summed E-state index contributed by atoms with van der Waals surface area (Å²) in [6.07, 6.45) is -0.755. The van der Waals surface area contributed by atoms with Gasteiger partial charge in [-0.3, -0.25) is 0 Å². The van der Waals surface area contributed by atoms with Crippen molar-refractivity contribution in [1.29, 1.82) is 0 Å². The van der Waals surface area contributed by atoms with Crippen molar-refractivity contribution in [3.05, 3.63) is 12.2 Å². The third kappa shape index (κ3) is 1.80. The Kier molecular flexibility index (Phi) is 3.72. The van der Waals surface area contributed by atoms with Gasteiger partial charge in [-0.1, -0.05) is 6.58 Å². The van der Waals surface area contributed by atoms with Crippen molar-refractivity contribution in [3.63, 3.8) is 0 Å². The summed E-state index contributed by atoms with van der Waals surface area (Å²) in [6, 6.07) is 0. The lowest BCUT2D eigenvalue weighted by Crippen LogP contribution is -2.46. The summed E-state index contributed by atoms with van der Waals surface area (Å²) in [5.41, 5.74) is -0.377. The van der Waals surface area contributed by atoms with Crippen LogP contribution in [0.15, 0.2) is 12.2 Å². The van der Waals surface area contributed by atoms with Gasteiger partial charge in [0.05, 0.1) is 12.7 Å². The van der Waals surface area contributed by atoms with Crippen molar-refractivity contribution in [2.45, 2.75) is 25.6 Å². The molecule has 0 bridgehead atoms.